The molecule has 2 aromatic rings. The van der Waals surface area contributed by atoms with Crippen molar-refractivity contribution in [1.29, 1.82) is 0 Å². The largest absolute Gasteiger partial charge is 0.416 e. The zero-order valence-corrected chi connectivity index (χ0v) is 16.4. The fraction of sp³-hybridized carbons (Fsp3) is 0.368. The highest BCUT2D eigenvalue weighted by molar-refractivity contribution is 7.90. The van der Waals surface area contributed by atoms with Crippen molar-refractivity contribution in [3.8, 4) is 0 Å². The van der Waals surface area contributed by atoms with Crippen LogP contribution in [0.5, 0.6) is 0 Å². The van der Waals surface area contributed by atoms with Crippen molar-refractivity contribution >= 4 is 21.6 Å². The maximum Gasteiger partial charge on any atom is 0.416 e. The molecule has 1 N–H and O–H groups in total. The Morgan fingerprint density at radius 3 is 2.45 bits per heavy atom. The molecule has 0 spiro atoms. The molecule has 0 aliphatic carbocycles. The molecule has 0 unspecified atom stereocenters. The molecule has 3 rings (SSSR count). The molecule has 2 heterocycles. The van der Waals surface area contributed by atoms with Crippen molar-refractivity contribution < 1.29 is 26.4 Å². The third-order valence-corrected chi connectivity index (χ3v) is 5.76. The second-order valence-electron chi connectivity index (χ2n) is 6.99. The highest BCUT2D eigenvalue weighted by Crippen LogP contribution is 2.31. The van der Waals surface area contributed by atoms with Crippen LogP contribution in [0, 0.1) is 0 Å². The third kappa shape index (κ3) is 5.47. The van der Waals surface area contributed by atoms with Gasteiger partial charge in [0, 0.05) is 32.0 Å². The van der Waals surface area contributed by atoms with E-state index in [0.717, 1.165) is 30.1 Å². The van der Waals surface area contributed by atoms with Gasteiger partial charge in [-0.3, -0.25) is 4.79 Å². The molecule has 29 heavy (non-hydrogen) atoms. The molecule has 10 heteroatoms. The highest BCUT2D eigenvalue weighted by Gasteiger charge is 2.33. The Bertz CT molecular complexity index is 986. The molecule has 1 saturated heterocycles. The molecule has 1 aromatic carbocycles. The smallest absolute Gasteiger partial charge is 0.352 e. The summed E-state index contributed by atoms with van der Waals surface area (Å²) in [5.74, 6) is 0.0649. The number of nitrogens with one attached hydrogen (secondary N) is 1. The minimum Gasteiger partial charge on any atom is -0.352 e. The average molecular weight is 427 g/mol. The zero-order valence-electron chi connectivity index (χ0n) is 15.6. The van der Waals surface area contributed by atoms with E-state index >= 15 is 0 Å². The molecule has 0 bridgehead atoms. The lowest BCUT2D eigenvalue weighted by atomic mass is 10.1. The summed E-state index contributed by atoms with van der Waals surface area (Å²) in [5.41, 5.74) is 0.0906. The summed E-state index contributed by atoms with van der Waals surface area (Å²) in [6.07, 6.45) is -1.47. The number of sulfone groups is 1. The maximum atomic E-state index is 12.8. The number of alkyl halides is 3. The van der Waals surface area contributed by atoms with E-state index in [2.05, 4.69) is 10.3 Å². The van der Waals surface area contributed by atoms with Gasteiger partial charge in [0.1, 0.15) is 5.82 Å². The number of aromatic nitrogens is 1. The number of carbonyl (C=O) groups is 1. The molecule has 1 aliphatic rings. The predicted molar refractivity (Wildman–Crippen MR) is 101 cm³/mol. The van der Waals surface area contributed by atoms with Gasteiger partial charge < -0.3 is 10.2 Å². The number of hydrogen-bond acceptors (Lipinski definition) is 5. The monoisotopic (exact) mass is 427 g/mol. The van der Waals surface area contributed by atoms with Gasteiger partial charge in [-0.1, -0.05) is 12.1 Å². The van der Waals surface area contributed by atoms with Crippen molar-refractivity contribution in [3.05, 3.63) is 53.7 Å². The standard InChI is InChI=1S/C19H20F3N3O3S/c1-29(27,28)16-5-2-13(3-6-16)4-7-18(26)24-15-11-25(12-15)17-10-14(8-9-23-17)19(20,21)22/h2-3,5-6,8-10,15H,4,7,11-12H2,1H3,(H,24,26). The summed E-state index contributed by atoms with van der Waals surface area (Å²) >= 11 is 0. The van der Waals surface area contributed by atoms with Crippen LogP contribution in [0.2, 0.25) is 0 Å². The van der Waals surface area contributed by atoms with E-state index in [0.29, 0.717) is 19.5 Å². The molecule has 1 aromatic heterocycles. The first-order valence-corrected chi connectivity index (χ1v) is 10.8. The van der Waals surface area contributed by atoms with E-state index in [1.54, 1.807) is 17.0 Å². The van der Waals surface area contributed by atoms with Gasteiger partial charge in [0.2, 0.25) is 5.91 Å². The van der Waals surface area contributed by atoms with Gasteiger partial charge in [-0.15, -0.1) is 0 Å². The Kier molecular flexibility index (Phi) is 5.83. The number of anilines is 1. The van der Waals surface area contributed by atoms with Crippen LogP contribution >= 0.6 is 0 Å². The van der Waals surface area contributed by atoms with Crippen LogP contribution in [-0.2, 0) is 27.2 Å². The SMILES string of the molecule is CS(=O)(=O)c1ccc(CCC(=O)NC2CN(c3cc(C(F)(F)F)ccn3)C2)cc1. The fourth-order valence-electron chi connectivity index (χ4n) is 2.99. The molecule has 6 nitrogen and oxygen atoms in total. The van der Waals surface area contributed by atoms with Gasteiger partial charge in [-0.05, 0) is 36.2 Å². The number of pyridine rings is 1. The molecular weight excluding hydrogens is 407 g/mol. The molecule has 1 fully saturated rings. The third-order valence-electron chi connectivity index (χ3n) is 4.64. The van der Waals surface area contributed by atoms with Crippen molar-refractivity contribution in [3.63, 3.8) is 0 Å². The molecular formula is C19H20F3N3O3S. The van der Waals surface area contributed by atoms with E-state index in [1.807, 2.05) is 0 Å². The predicted octanol–water partition coefficient (Wildman–Crippen LogP) is 2.44. The molecule has 0 radical (unpaired) electrons. The van der Waals surface area contributed by atoms with Crippen LogP contribution in [0.15, 0.2) is 47.5 Å². The van der Waals surface area contributed by atoms with Gasteiger partial charge in [0.15, 0.2) is 9.84 Å². The molecule has 156 valence electrons. The first-order chi connectivity index (χ1) is 13.5. The van der Waals surface area contributed by atoms with Crippen LogP contribution in [0.4, 0.5) is 19.0 Å². The Labute approximate surface area is 166 Å². The number of rotatable bonds is 6. The normalized spacial score (nSPS) is 15.1. The van der Waals surface area contributed by atoms with Gasteiger partial charge >= 0.3 is 6.18 Å². The molecule has 1 amide bonds. The van der Waals surface area contributed by atoms with Crippen LogP contribution in [0.25, 0.3) is 0 Å². The first kappa shape index (κ1) is 21.1. The molecule has 0 saturated carbocycles. The second kappa shape index (κ2) is 8.02. The van der Waals surface area contributed by atoms with Crippen LogP contribution in [0.3, 0.4) is 0 Å². The number of aryl methyl sites for hydroxylation is 1. The molecule has 0 atom stereocenters. The van der Waals surface area contributed by atoms with Crippen LogP contribution in [0.1, 0.15) is 17.5 Å². The number of amides is 1. The molecule has 1 aliphatic heterocycles. The summed E-state index contributed by atoms with van der Waals surface area (Å²) in [6.45, 7) is 0.784. The minimum atomic E-state index is -4.42. The van der Waals surface area contributed by atoms with Crippen molar-refractivity contribution in [2.75, 3.05) is 24.2 Å². The van der Waals surface area contributed by atoms with Gasteiger partial charge in [-0.2, -0.15) is 13.2 Å². The first-order valence-electron chi connectivity index (χ1n) is 8.89. The average Bonchev–Trinajstić information content (AvgIpc) is 2.61. The second-order valence-corrected chi connectivity index (χ2v) is 9.00. The van der Waals surface area contributed by atoms with Crippen molar-refractivity contribution in [2.24, 2.45) is 0 Å². The number of benzene rings is 1. The quantitative estimate of drug-likeness (QED) is 0.766. The lowest BCUT2D eigenvalue weighted by Gasteiger charge is -2.40. The van der Waals surface area contributed by atoms with Gasteiger partial charge in [0.25, 0.3) is 0 Å². The van der Waals surface area contributed by atoms with Gasteiger partial charge in [0.05, 0.1) is 16.5 Å². The number of nitrogens with zero attached hydrogens (tertiary/aromatic N) is 2. The van der Waals surface area contributed by atoms with E-state index < -0.39 is 21.6 Å². The summed E-state index contributed by atoms with van der Waals surface area (Å²) in [6, 6.07) is 8.14. The summed E-state index contributed by atoms with van der Waals surface area (Å²) in [7, 11) is -3.25. The summed E-state index contributed by atoms with van der Waals surface area (Å²) in [4.78, 5) is 17.9. The van der Waals surface area contributed by atoms with E-state index in [9.17, 15) is 26.4 Å². The number of hydrogen-bond donors (Lipinski definition) is 1. The topological polar surface area (TPSA) is 79.4 Å². The summed E-state index contributed by atoms with van der Waals surface area (Å²) < 4.78 is 61.2. The van der Waals surface area contributed by atoms with Crippen LogP contribution in [-0.4, -0.2) is 44.7 Å². The van der Waals surface area contributed by atoms with E-state index in [-0.39, 0.29) is 29.1 Å². The number of carbonyl (C=O) groups excluding carboxylic acids is 1. The lowest BCUT2D eigenvalue weighted by molar-refractivity contribution is -0.137. The van der Waals surface area contributed by atoms with E-state index in [1.165, 1.54) is 12.1 Å². The maximum absolute atomic E-state index is 12.8. The summed E-state index contributed by atoms with van der Waals surface area (Å²) in [5, 5.41) is 2.84. The Balaban J connectivity index is 1.45. The van der Waals surface area contributed by atoms with Crippen molar-refractivity contribution in [1.82, 2.24) is 10.3 Å². The fourth-order valence-corrected chi connectivity index (χ4v) is 3.62. The lowest BCUT2D eigenvalue weighted by Crippen LogP contribution is -2.59. The zero-order chi connectivity index (χ0) is 21.2. The Hall–Kier alpha value is -2.62. The number of halogens is 3. The highest BCUT2D eigenvalue weighted by atomic mass is 32.2. The Morgan fingerprint density at radius 2 is 1.86 bits per heavy atom. The minimum absolute atomic E-state index is 0.147. The van der Waals surface area contributed by atoms with Crippen LogP contribution < -0.4 is 10.2 Å². The van der Waals surface area contributed by atoms with Gasteiger partial charge in [-0.25, -0.2) is 13.4 Å². The Morgan fingerprint density at radius 1 is 1.21 bits per heavy atom. The van der Waals surface area contributed by atoms with E-state index in [4.69, 9.17) is 0 Å². The van der Waals surface area contributed by atoms with Crippen molar-refractivity contribution in [2.45, 2.75) is 30.0 Å².